The van der Waals surface area contributed by atoms with Crippen molar-refractivity contribution in [3.05, 3.63) is 41.3 Å². The number of rotatable bonds is 3. The van der Waals surface area contributed by atoms with Gasteiger partial charge in [0, 0.05) is 25.4 Å². The number of ether oxygens (including phenoxy) is 1. The molecule has 6 heteroatoms. The third-order valence-electron chi connectivity index (χ3n) is 4.83. The highest BCUT2D eigenvalue weighted by Crippen LogP contribution is 2.40. The Kier molecular flexibility index (Phi) is 3.87. The first-order valence-electron chi connectivity index (χ1n) is 8.27. The smallest absolute Gasteiger partial charge is 0.133 e. The van der Waals surface area contributed by atoms with Crippen LogP contribution >= 0.6 is 0 Å². The Labute approximate surface area is 135 Å². The van der Waals surface area contributed by atoms with E-state index in [9.17, 15) is 0 Å². The summed E-state index contributed by atoms with van der Waals surface area (Å²) < 4.78 is 11.5. The first-order chi connectivity index (χ1) is 11.2. The van der Waals surface area contributed by atoms with Crippen LogP contribution in [0.15, 0.2) is 22.9 Å². The molecular weight excluding hydrogens is 292 g/mol. The molecule has 0 radical (unpaired) electrons. The molecule has 6 nitrogen and oxygen atoms in total. The van der Waals surface area contributed by atoms with E-state index in [1.807, 2.05) is 32.2 Å². The van der Waals surface area contributed by atoms with Gasteiger partial charge in [-0.2, -0.15) is 0 Å². The van der Waals surface area contributed by atoms with Gasteiger partial charge in [0.1, 0.15) is 17.7 Å². The second kappa shape index (κ2) is 6.02. The largest absolute Gasteiger partial charge is 0.367 e. The van der Waals surface area contributed by atoms with Gasteiger partial charge in [0.15, 0.2) is 0 Å². The standard InChI is InChI=1S/C17H22N4O2/c1-11-7-14(20-23-11)9-21-6-4-13-8-16(22-17(13)10-21)15-3-5-18-12(2)19-15/h3,5,7,13,16-17H,4,6,8-10H2,1-2H3/t13-,16+,17+/m0/s1. The van der Waals surface area contributed by atoms with Gasteiger partial charge in [-0.15, -0.1) is 0 Å². The highest BCUT2D eigenvalue weighted by Gasteiger charge is 2.40. The predicted molar refractivity (Wildman–Crippen MR) is 83.6 cm³/mol. The Morgan fingerprint density at radius 1 is 1.35 bits per heavy atom. The maximum absolute atomic E-state index is 6.30. The van der Waals surface area contributed by atoms with Gasteiger partial charge in [0.2, 0.25) is 0 Å². The van der Waals surface area contributed by atoms with Gasteiger partial charge in [-0.25, -0.2) is 9.97 Å². The van der Waals surface area contributed by atoms with E-state index in [0.29, 0.717) is 5.92 Å². The van der Waals surface area contributed by atoms with Crippen molar-refractivity contribution in [3.8, 4) is 0 Å². The number of hydrogen-bond donors (Lipinski definition) is 0. The van der Waals surface area contributed by atoms with E-state index in [0.717, 1.165) is 49.0 Å². The lowest BCUT2D eigenvalue weighted by molar-refractivity contribution is -0.0111. The number of fused-ring (bicyclic) bond motifs is 1. The molecule has 0 saturated carbocycles. The average molecular weight is 314 g/mol. The Bertz CT molecular complexity index is 687. The van der Waals surface area contributed by atoms with Crippen LogP contribution in [0.25, 0.3) is 0 Å². The van der Waals surface area contributed by atoms with Crippen molar-refractivity contribution in [2.45, 2.75) is 45.4 Å². The van der Waals surface area contributed by atoms with Crippen LogP contribution in [-0.4, -0.2) is 39.2 Å². The molecule has 4 heterocycles. The van der Waals surface area contributed by atoms with Crippen LogP contribution in [0.2, 0.25) is 0 Å². The topological polar surface area (TPSA) is 64.3 Å². The summed E-state index contributed by atoms with van der Waals surface area (Å²) >= 11 is 0. The van der Waals surface area contributed by atoms with Gasteiger partial charge < -0.3 is 9.26 Å². The minimum absolute atomic E-state index is 0.112. The van der Waals surface area contributed by atoms with Crippen LogP contribution in [0.5, 0.6) is 0 Å². The lowest BCUT2D eigenvalue weighted by Crippen LogP contribution is -2.41. The summed E-state index contributed by atoms with van der Waals surface area (Å²) in [5.74, 6) is 2.31. The lowest BCUT2D eigenvalue weighted by Gasteiger charge is -2.33. The van der Waals surface area contributed by atoms with Crippen molar-refractivity contribution in [3.63, 3.8) is 0 Å². The fraction of sp³-hybridized carbons (Fsp3) is 0.588. The molecular formula is C17H22N4O2. The predicted octanol–water partition coefficient (Wildman–Crippen LogP) is 2.43. The number of aryl methyl sites for hydroxylation is 2. The van der Waals surface area contributed by atoms with Crippen LogP contribution in [0.3, 0.4) is 0 Å². The average Bonchev–Trinajstić information content (AvgIpc) is 3.13. The molecule has 2 aliphatic heterocycles. The third kappa shape index (κ3) is 3.14. The first kappa shape index (κ1) is 14.8. The number of nitrogens with zero attached hydrogens (tertiary/aromatic N) is 4. The molecule has 122 valence electrons. The zero-order chi connectivity index (χ0) is 15.8. The Morgan fingerprint density at radius 3 is 3.04 bits per heavy atom. The summed E-state index contributed by atoms with van der Waals surface area (Å²) in [7, 11) is 0. The molecule has 0 bridgehead atoms. The molecule has 2 aromatic rings. The van der Waals surface area contributed by atoms with E-state index in [1.54, 1.807) is 0 Å². The van der Waals surface area contributed by atoms with Crippen molar-refractivity contribution in [1.82, 2.24) is 20.0 Å². The molecule has 2 aromatic heterocycles. The molecule has 0 aromatic carbocycles. The van der Waals surface area contributed by atoms with E-state index in [2.05, 4.69) is 20.0 Å². The second-order valence-electron chi connectivity index (χ2n) is 6.64. The molecule has 2 fully saturated rings. The van der Waals surface area contributed by atoms with Gasteiger partial charge >= 0.3 is 0 Å². The Balaban J connectivity index is 1.40. The van der Waals surface area contributed by atoms with Crippen molar-refractivity contribution >= 4 is 0 Å². The normalized spacial score (nSPS) is 28.0. The van der Waals surface area contributed by atoms with E-state index >= 15 is 0 Å². The van der Waals surface area contributed by atoms with E-state index in [1.165, 1.54) is 6.42 Å². The van der Waals surface area contributed by atoms with Gasteiger partial charge in [-0.1, -0.05) is 5.16 Å². The molecule has 4 rings (SSSR count). The van der Waals surface area contributed by atoms with E-state index in [4.69, 9.17) is 9.26 Å². The lowest BCUT2D eigenvalue weighted by atomic mass is 9.91. The molecule has 2 saturated heterocycles. The maximum Gasteiger partial charge on any atom is 0.133 e. The maximum atomic E-state index is 6.30. The summed E-state index contributed by atoms with van der Waals surface area (Å²) in [6, 6.07) is 3.99. The summed E-state index contributed by atoms with van der Waals surface area (Å²) in [4.78, 5) is 11.1. The molecule has 0 N–H and O–H groups in total. The van der Waals surface area contributed by atoms with Crippen LogP contribution in [-0.2, 0) is 11.3 Å². The second-order valence-corrected chi connectivity index (χ2v) is 6.64. The number of aromatic nitrogens is 3. The van der Waals surface area contributed by atoms with Crippen molar-refractivity contribution in [1.29, 1.82) is 0 Å². The summed E-state index contributed by atoms with van der Waals surface area (Å²) in [5.41, 5.74) is 2.02. The molecule has 0 amide bonds. The zero-order valence-electron chi connectivity index (χ0n) is 13.6. The molecule has 0 aliphatic carbocycles. The minimum atomic E-state index is 0.112. The van der Waals surface area contributed by atoms with Crippen molar-refractivity contribution in [2.75, 3.05) is 13.1 Å². The molecule has 0 unspecified atom stereocenters. The van der Waals surface area contributed by atoms with Gasteiger partial charge in [-0.3, -0.25) is 4.90 Å². The van der Waals surface area contributed by atoms with Gasteiger partial charge in [0.05, 0.1) is 17.5 Å². The number of hydrogen-bond acceptors (Lipinski definition) is 6. The molecule has 23 heavy (non-hydrogen) atoms. The van der Waals surface area contributed by atoms with Crippen LogP contribution in [0.4, 0.5) is 0 Å². The van der Waals surface area contributed by atoms with Crippen molar-refractivity contribution < 1.29 is 9.26 Å². The molecule has 2 aliphatic rings. The Hall–Kier alpha value is -1.79. The van der Waals surface area contributed by atoms with Crippen LogP contribution < -0.4 is 0 Å². The summed E-state index contributed by atoms with van der Waals surface area (Å²) in [5, 5.41) is 4.09. The fourth-order valence-corrected chi connectivity index (χ4v) is 3.70. The van der Waals surface area contributed by atoms with Gasteiger partial charge in [-0.05, 0) is 45.2 Å². The van der Waals surface area contributed by atoms with Crippen LogP contribution in [0.1, 0.15) is 41.9 Å². The summed E-state index contributed by atoms with van der Waals surface area (Å²) in [6.07, 6.45) is 4.46. The highest BCUT2D eigenvalue weighted by molar-refractivity contribution is 5.09. The zero-order valence-corrected chi connectivity index (χ0v) is 13.6. The van der Waals surface area contributed by atoms with E-state index in [-0.39, 0.29) is 12.2 Å². The summed E-state index contributed by atoms with van der Waals surface area (Å²) in [6.45, 7) is 6.73. The quantitative estimate of drug-likeness (QED) is 0.867. The SMILES string of the molecule is Cc1nccc([C@H]2C[C@@H]3CCN(Cc4cc(C)on4)C[C@H]3O2)n1. The monoisotopic (exact) mass is 314 g/mol. The van der Waals surface area contributed by atoms with Crippen LogP contribution in [0, 0.1) is 19.8 Å². The Morgan fingerprint density at radius 2 is 2.26 bits per heavy atom. The third-order valence-corrected chi connectivity index (χ3v) is 4.83. The molecule has 3 atom stereocenters. The first-order valence-corrected chi connectivity index (χ1v) is 8.27. The highest BCUT2D eigenvalue weighted by atomic mass is 16.5. The minimum Gasteiger partial charge on any atom is -0.367 e. The van der Waals surface area contributed by atoms with Gasteiger partial charge in [0.25, 0.3) is 0 Å². The fourth-order valence-electron chi connectivity index (χ4n) is 3.70. The van der Waals surface area contributed by atoms with Crippen molar-refractivity contribution in [2.24, 2.45) is 5.92 Å². The number of likely N-dealkylation sites (tertiary alicyclic amines) is 1. The molecule has 0 spiro atoms. The number of piperidine rings is 1. The van der Waals surface area contributed by atoms with E-state index < -0.39 is 0 Å².